The zero-order valence-corrected chi connectivity index (χ0v) is 18.1. The Bertz CT molecular complexity index is 934. The topological polar surface area (TPSA) is 133 Å². The number of rotatable bonds is 8. The van der Waals surface area contributed by atoms with Gasteiger partial charge in [0.05, 0.1) is 23.7 Å². The van der Waals surface area contributed by atoms with Crippen molar-refractivity contribution in [3.05, 3.63) is 69.7 Å². The van der Waals surface area contributed by atoms with Gasteiger partial charge in [0.25, 0.3) is 0 Å². The first kappa shape index (κ1) is 23.6. The third-order valence-electron chi connectivity index (χ3n) is 5.48. The summed E-state index contributed by atoms with van der Waals surface area (Å²) in [5, 5.41) is 25.4. The average Bonchev–Trinajstić information content (AvgIpc) is 2.71. The first-order chi connectivity index (χ1) is 15.2. The van der Waals surface area contributed by atoms with Crippen molar-refractivity contribution < 1.29 is 29.4 Å². The lowest BCUT2D eigenvalue weighted by Crippen LogP contribution is -2.63. The lowest BCUT2D eigenvalue weighted by molar-refractivity contribution is -0.181. The minimum absolute atomic E-state index is 0.0681. The zero-order valence-electron chi connectivity index (χ0n) is 16.6. The van der Waals surface area contributed by atoms with E-state index in [-0.39, 0.29) is 13.1 Å². The van der Waals surface area contributed by atoms with Gasteiger partial charge in [0.1, 0.15) is 0 Å². The van der Waals surface area contributed by atoms with Crippen LogP contribution >= 0.6 is 23.2 Å². The van der Waals surface area contributed by atoms with Crippen LogP contribution in [-0.4, -0.2) is 34.0 Å². The SMILES string of the molecule is O=C(O)C1C(C(=O)NCc2ccc(Cl)cc2)C(C(=O)O)C1C(=O)NCc1ccc(Cl)cc1. The number of carbonyl (C=O) groups is 4. The van der Waals surface area contributed by atoms with Crippen LogP contribution in [0.5, 0.6) is 0 Å². The van der Waals surface area contributed by atoms with Crippen molar-refractivity contribution in [2.45, 2.75) is 13.1 Å². The number of nitrogens with one attached hydrogen (secondary N) is 2. The summed E-state index contributed by atoms with van der Waals surface area (Å²) in [7, 11) is 0. The minimum atomic E-state index is -1.45. The van der Waals surface area contributed by atoms with E-state index in [1.165, 1.54) is 0 Å². The number of hydrogen-bond acceptors (Lipinski definition) is 4. The molecule has 1 saturated carbocycles. The van der Waals surface area contributed by atoms with E-state index in [0.717, 1.165) is 0 Å². The highest BCUT2D eigenvalue weighted by molar-refractivity contribution is 6.30. The predicted octanol–water partition coefficient (Wildman–Crippen LogP) is 2.57. The summed E-state index contributed by atoms with van der Waals surface area (Å²) in [6, 6.07) is 13.3. The van der Waals surface area contributed by atoms with Crippen molar-refractivity contribution in [2.75, 3.05) is 0 Å². The molecule has 2 amide bonds. The van der Waals surface area contributed by atoms with E-state index in [0.29, 0.717) is 21.2 Å². The number of benzene rings is 2. The van der Waals surface area contributed by atoms with Crippen molar-refractivity contribution in [3.8, 4) is 0 Å². The molecule has 3 rings (SSSR count). The summed E-state index contributed by atoms with van der Waals surface area (Å²) in [5.74, 6) is -9.92. The van der Waals surface area contributed by atoms with E-state index >= 15 is 0 Å². The van der Waals surface area contributed by atoms with Gasteiger partial charge in [-0.2, -0.15) is 0 Å². The van der Waals surface area contributed by atoms with Crippen LogP contribution < -0.4 is 10.6 Å². The summed E-state index contributed by atoms with van der Waals surface area (Å²) in [6.07, 6.45) is 0. The van der Waals surface area contributed by atoms with Crippen molar-refractivity contribution in [2.24, 2.45) is 23.7 Å². The molecule has 0 bridgehead atoms. The van der Waals surface area contributed by atoms with Crippen LogP contribution in [0.1, 0.15) is 11.1 Å². The maximum absolute atomic E-state index is 12.7. The van der Waals surface area contributed by atoms with Gasteiger partial charge < -0.3 is 20.8 Å². The highest BCUT2D eigenvalue weighted by atomic mass is 35.5. The Kier molecular flexibility index (Phi) is 7.37. The number of halogens is 2. The molecule has 0 radical (unpaired) electrons. The molecule has 10 heteroatoms. The molecular weight excluding hydrogens is 459 g/mol. The second kappa shape index (κ2) is 10.0. The van der Waals surface area contributed by atoms with Gasteiger partial charge in [-0.1, -0.05) is 47.5 Å². The number of carbonyl (C=O) groups excluding carboxylic acids is 2. The standard InChI is InChI=1S/C22H20Cl2N2O6/c23-13-5-1-11(2-6-13)9-25-19(27)15-17(21(29)30)16(18(15)22(31)32)20(28)26-10-12-3-7-14(24)8-4-12/h1-8,15-18H,9-10H2,(H,25,27)(H,26,28)(H,29,30)(H,31,32). The average molecular weight is 479 g/mol. The summed E-state index contributed by atoms with van der Waals surface area (Å²) in [6.45, 7) is 0.136. The van der Waals surface area contributed by atoms with E-state index in [9.17, 15) is 29.4 Å². The Balaban J connectivity index is 1.69. The van der Waals surface area contributed by atoms with Gasteiger partial charge in [0.2, 0.25) is 11.8 Å². The van der Waals surface area contributed by atoms with Crippen LogP contribution in [0.2, 0.25) is 10.0 Å². The molecule has 168 valence electrons. The Morgan fingerprint density at radius 3 is 1.22 bits per heavy atom. The first-order valence-corrected chi connectivity index (χ1v) is 10.4. The van der Waals surface area contributed by atoms with E-state index in [4.69, 9.17) is 23.2 Å². The summed E-state index contributed by atoms with van der Waals surface area (Å²) in [4.78, 5) is 49.0. The largest absolute Gasteiger partial charge is 0.481 e. The van der Waals surface area contributed by atoms with Gasteiger partial charge in [0.15, 0.2) is 0 Å². The highest BCUT2D eigenvalue weighted by Crippen LogP contribution is 2.47. The van der Waals surface area contributed by atoms with E-state index in [2.05, 4.69) is 10.6 Å². The summed E-state index contributed by atoms with van der Waals surface area (Å²) in [5.41, 5.74) is 1.41. The number of carboxylic acid groups (broad SMARTS) is 2. The van der Waals surface area contributed by atoms with Crippen LogP contribution in [0, 0.1) is 23.7 Å². The van der Waals surface area contributed by atoms with Gasteiger partial charge in [0, 0.05) is 23.1 Å². The number of aliphatic carboxylic acids is 2. The molecule has 0 aliphatic heterocycles. The normalized spacial score (nSPS) is 21.8. The monoisotopic (exact) mass is 478 g/mol. The lowest BCUT2D eigenvalue weighted by atomic mass is 9.55. The molecule has 32 heavy (non-hydrogen) atoms. The molecule has 0 aromatic heterocycles. The van der Waals surface area contributed by atoms with Crippen LogP contribution in [-0.2, 0) is 32.3 Å². The van der Waals surface area contributed by atoms with Crippen LogP contribution in [0.15, 0.2) is 48.5 Å². The second-order valence-corrected chi connectivity index (χ2v) is 8.34. The molecule has 0 saturated heterocycles. The molecule has 1 aliphatic carbocycles. The molecule has 0 unspecified atom stereocenters. The third-order valence-corrected chi connectivity index (χ3v) is 5.99. The molecule has 1 aliphatic rings. The lowest BCUT2D eigenvalue weighted by Gasteiger charge is -2.45. The number of hydrogen-bond donors (Lipinski definition) is 4. The maximum Gasteiger partial charge on any atom is 0.308 e. The summed E-state index contributed by atoms with van der Waals surface area (Å²) < 4.78 is 0. The number of amides is 2. The summed E-state index contributed by atoms with van der Waals surface area (Å²) >= 11 is 11.6. The molecular formula is C22H20Cl2N2O6. The fraction of sp³-hybridized carbons (Fsp3) is 0.273. The molecule has 0 spiro atoms. The minimum Gasteiger partial charge on any atom is -0.481 e. The first-order valence-electron chi connectivity index (χ1n) is 9.69. The molecule has 2 aromatic carbocycles. The second-order valence-electron chi connectivity index (χ2n) is 7.47. The molecule has 0 atom stereocenters. The van der Waals surface area contributed by atoms with Gasteiger partial charge in [-0.15, -0.1) is 0 Å². The quantitative estimate of drug-likeness (QED) is 0.460. The molecule has 2 aromatic rings. The predicted molar refractivity (Wildman–Crippen MR) is 116 cm³/mol. The van der Waals surface area contributed by atoms with E-state index in [1.54, 1.807) is 48.5 Å². The number of carboxylic acids is 2. The van der Waals surface area contributed by atoms with E-state index in [1.807, 2.05) is 0 Å². The van der Waals surface area contributed by atoms with Crippen LogP contribution in [0.25, 0.3) is 0 Å². The van der Waals surface area contributed by atoms with Gasteiger partial charge in [-0.05, 0) is 35.4 Å². The Morgan fingerprint density at radius 2 is 0.938 bits per heavy atom. The fourth-order valence-electron chi connectivity index (χ4n) is 3.83. The van der Waals surface area contributed by atoms with Crippen molar-refractivity contribution in [3.63, 3.8) is 0 Å². The maximum atomic E-state index is 12.7. The smallest absolute Gasteiger partial charge is 0.308 e. The van der Waals surface area contributed by atoms with Gasteiger partial charge >= 0.3 is 11.9 Å². The Labute approximate surface area is 193 Å². The van der Waals surface area contributed by atoms with Crippen LogP contribution in [0.4, 0.5) is 0 Å². The van der Waals surface area contributed by atoms with E-state index < -0.39 is 47.4 Å². The van der Waals surface area contributed by atoms with Crippen LogP contribution in [0.3, 0.4) is 0 Å². The Hall–Kier alpha value is -3.10. The van der Waals surface area contributed by atoms with Crippen molar-refractivity contribution in [1.82, 2.24) is 10.6 Å². The zero-order chi connectivity index (χ0) is 23.4. The van der Waals surface area contributed by atoms with Gasteiger partial charge in [-0.25, -0.2) is 0 Å². The molecule has 1 fully saturated rings. The van der Waals surface area contributed by atoms with Crippen molar-refractivity contribution >= 4 is 47.0 Å². The molecule has 0 heterocycles. The third kappa shape index (κ3) is 5.20. The highest BCUT2D eigenvalue weighted by Gasteiger charge is 2.63. The fourth-order valence-corrected chi connectivity index (χ4v) is 4.09. The van der Waals surface area contributed by atoms with Gasteiger partial charge in [-0.3, -0.25) is 19.2 Å². The Morgan fingerprint density at radius 1 is 0.625 bits per heavy atom. The van der Waals surface area contributed by atoms with Crippen molar-refractivity contribution in [1.29, 1.82) is 0 Å². The molecule has 8 nitrogen and oxygen atoms in total. The molecule has 4 N–H and O–H groups in total.